The van der Waals surface area contributed by atoms with E-state index in [1.54, 1.807) is 52.3 Å². The number of nitrogens with zero attached hydrogens (tertiary/aromatic N) is 6. The molecule has 4 aliphatic heterocycles. The van der Waals surface area contributed by atoms with E-state index in [9.17, 15) is 22.8 Å². The minimum Gasteiger partial charge on any atom is -0.332 e. The molecular weight excluding hydrogens is 541 g/mol. The number of carbonyl (C=O) groups excluding carboxylic acids is 2. The van der Waals surface area contributed by atoms with Gasteiger partial charge in [0.2, 0.25) is 0 Å². The molecule has 2 aromatic heterocycles. The molecule has 6 heterocycles. The number of rotatable bonds is 2. The Morgan fingerprint density at radius 3 is 1.80 bits per heavy atom. The zero-order valence-electron chi connectivity index (χ0n) is 21.8. The van der Waals surface area contributed by atoms with Gasteiger partial charge < -0.3 is 9.80 Å². The first-order valence-corrected chi connectivity index (χ1v) is 13.6. The van der Waals surface area contributed by atoms with Crippen molar-refractivity contribution in [2.75, 3.05) is 0 Å². The number of halogens is 3. The van der Waals surface area contributed by atoms with E-state index >= 15 is 0 Å². The van der Waals surface area contributed by atoms with E-state index in [0.29, 0.717) is 52.5 Å². The number of amides is 2. The third-order valence-corrected chi connectivity index (χ3v) is 8.51. The van der Waals surface area contributed by atoms with E-state index in [1.165, 1.54) is 0 Å². The van der Waals surface area contributed by atoms with Crippen molar-refractivity contribution in [3.05, 3.63) is 59.4 Å². The van der Waals surface area contributed by atoms with Gasteiger partial charge in [-0.2, -0.15) is 0 Å². The van der Waals surface area contributed by atoms with Crippen LogP contribution in [-0.4, -0.2) is 72.3 Å². The second kappa shape index (κ2) is 9.67. The summed E-state index contributed by atoms with van der Waals surface area (Å²) in [6, 6.07) is 9.11. The number of hydrogen-bond donors (Lipinski definition) is 0. The number of aromatic nitrogens is 4. The summed E-state index contributed by atoms with van der Waals surface area (Å²) in [7, 11) is 0. The summed E-state index contributed by atoms with van der Waals surface area (Å²) in [6.45, 7) is 0. The lowest BCUT2D eigenvalue weighted by Gasteiger charge is -2.38. The molecule has 41 heavy (non-hydrogen) atoms. The van der Waals surface area contributed by atoms with E-state index in [2.05, 4.69) is 29.9 Å². The van der Waals surface area contributed by atoms with Gasteiger partial charge in [0.05, 0.1) is 6.04 Å². The van der Waals surface area contributed by atoms with Crippen molar-refractivity contribution in [2.45, 2.75) is 75.0 Å². The van der Waals surface area contributed by atoms with Gasteiger partial charge in [0.1, 0.15) is 27.9 Å². The van der Waals surface area contributed by atoms with Crippen molar-refractivity contribution in [1.29, 1.82) is 0 Å². The number of carbonyl (C=O) groups is 2. The number of alkyl halides is 2. The van der Waals surface area contributed by atoms with Crippen molar-refractivity contribution in [1.82, 2.24) is 30.4 Å². The van der Waals surface area contributed by atoms with E-state index in [1.807, 2.05) is 0 Å². The number of fused-ring (bicyclic) bond motifs is 6. The number of piperidine rings is 1. The van der Waals surface area contributed by atoms with Gasteiger partial charge in [-0.15, -0.1) is 0 Å². The fourth-order valence-corrected chi connectivity index (χ4v) is 6.69. The maximum Gasteiger partial charge on any atom is 0.254 e. The Hall–Kier alpha value is -4.29. The Kier molecular flexibility index (Phi) is 6.05. The third kappa shape index (κ3) is 4.62. The Balaban J connectivity index is 0.000000135. The number of hydrogen-bond acceptors (Lipinski definition) is 8. The second-order valence-corrected chi connectivity index (χ2v) is 11.1. The zero-order valence-corrected chi connectivity index (χ0v) is 21.8. The summed E-state index contributed by atoms with van der Waals surface area (Å²) in [5.41, 5.74) is 3.23. The fraction of sp³-hybridized carbons (Fsp3) is 0.429. The van der Waals surface area contributed by atoms with Crippen LogP contribution in [0.4, 0.5) is 13.2 Å². The van der Waals surface area contributed by atoms with Gasteiger partial charge >= 0.3 is 0 Å². The lowest BCUT2D eigenvalue weighted by atomic mass is 9.97. The van der Waals surface area contributed by atoms with Gasteiger partial charge in [-0.05, 0) is 88.8 Å². The average Bonchev–Trinajstić information content (AvgIpc) is 3.72. The molecule has 2 aromatic carbocycles. The molecule has 0 spiro atoms. The summed E-state index contributed by atoms with van der Waals surface area (Å²) in [6.07, 6.45) is 4.42. The Morgan fingerprint density at radius 1 is 0.732 bits per heavy atom. The van der Waals surface area contributed by atoms with E-state index < -0.39 is 5.92 Å². The molecule has 8 rings (SSSR count). The normalized spacial score (nSPS) is 26.2. The summed E-state index contributed by atoms with van der Waals surface area (Å²) in [5.74, 6) is -3.03. The smallest absolute Gasteiger partial charge is 0.254 e. The van der Waals surface area contributed by atoms with Crippen LogP contribution in [0.1, 0.15) is 65.7 Å². The van der Waals surface area contributed by atoms with Gasteiger partial charge in [-0.1, -0.05) is 0 Å². The molecule has 4 aromatic rings. The molecule has 4 aliphatic rings. The highest BCUT2D eigenvalue weighted by Crippen LogP contribution is 2.44. The van der Waals surface area contributed by atoms with Crippen molar-refractivity contribution in [3.8, 4) is 0 Å². The minimum atomic E-state index is -2.65. The minimum absolute atomic E-state index is 0.0244. The molecule has 0 N–H and O–H groups in total. The summed E-state index contributed by atoms with van der Waals surface area (Å²) in [4.78, 5) is 28.7. The molecule has 4 atom stereocenters. The predicted molar refractivity (Wildman–Crippen MR) is 138 cm³/mol. The molecular formula is C28H25F3N6O4. The van der Waals surface area contributed by atoms with Crippen LogP contribution in [0.3, 0.4) is 0 Å². The van der Waals surface area contributed by atoms with Crippen LogP contribution < -0.4 is 0 Å². The molecule has 3 saturated heterocycles. The Bertz CT molecular complexity index is 1670. The maximum absolute atomic E-state index is 13.6. The first-order chi connectivity index (χ1) is 19.8. The average molecular weight is 567 g/mol. The lowest BCUT2D eigenvalue weighted by Crippen LogP contribution is -2.50. The van der Waals surface area contributed by atoms with Crippen LogP contribution in [0.15, 0.2) is 57.6 Å². The molecule has 0 radical (unpaired) electrons. The van der Waals surface area contributed by atoms with Gasteiger partial charge in [0.15, 0.2) is 0 Å². The number of benzene rings is 2. The molecule has 4 bridgehead atoms. The Labute approximate surface area is 231 Å². The van der Waals surface area contributed by atoms with Crippen LogP contribution >= 0.6 is 0 Å². The Morgan fingerprint density at radius 2 is 1.24 bits per heavy atom. The summed E-state index contributed by atoms with van der Waals surface area (Å²) < 4.78 is 49.8. The molecule has 3 fully saturated rings. The second-order valence-electron chi connectivity index (χ2n) is 11.1. The quantitative estimate of drug-likeness (QED) is 0.330. The van der Waals surface area contributed by atoms with Crippen molar-refractivity contribution < 1.29 is 32.0 Å². The molecule has 4 unspecified atom stereocenters. The van der Waals surface area contributed by atoms with Crippen LogP contribution in [0.2, 0.25) is 0 Å². The SMILES string of the molecule is O=C(c1ccc2nonc2c1)N1C2C=C(F)CC1CC2.O=C(c1ccc2nonc2c1)N1C2CCC1CC(F)(F)C2. The summed E-state index contributed by atoms with van der Waals surface area (Å²) >= 11 is 0. The van der Waals surface area contributed by atoms with Crippen molar-refractivity contribution in [2.24, 2.45) is 0 Å². The first kappa shape index (κ1) is 25.7. The predicted octanol–water partition coefficient (Wildman–Crippen LogP) is 5.08. The monoisotopic (exact) mass is 566 g/mol. The highest BCUT2D eigenvalue weighted by Gasteiger charge is 2.51. The molecule has 13 heteroatoms. The van der Waals surface area contributed by atoms with Gasteiger partial charge in [-0.25, -0.2) is 22.4 Å². The first-order valence-electron chi connectivity index (χ1n) is 13.6. The summed E-state index contributed by atoms with van der Waals surface area (Å²) in [5, 5.41) is 14.8. The van der Waals surface area contributed by atoms with Crippen LogP contribution in [-0.2, 0) is 0 Å². The zero-order chi connectivity index (χ0) is 28.3. The van der Waals surface area contributed by atoms with Crippen LogP contribution in [0, 0.1) is 0 Å². The lowest BCUT2D eigenvalue weighted by molar-refractivity contribution is -0.0735. The van der Waals surface area contributed by atoms with Crippen molar-refractivity contribution >= 4 is 33.9 Å². The molecule has 2 amide bonds. The molecule has 10 nitrogen and oxygen atoms in total. The molecule has 0 aliphatic carbocycles. The highest BCUT2D eigenvalue weighted by atomic mass is 19.3. The van der Waals surface area contributed by atoms with Crippen LogP contribution in [0.25, 0.3) is 22.1 Å². The van der Waals surface area contributed by atoms with Crippen LogP contribution in [0.5, 0.6) is 0 Å². The highest BCUT2D eigenvalue weighted by molar-refractivity contribution is 5.98. The van der Waals surface area contributed by atoms with Crippen molar-refractivity contribution in [3.63, 3.8) is 0 Å². The maximum atomic E-state index is 13.6. The van der Waals surface area contributed by atoms with Gasteiger partial charge in [-0.3, -0.25) is 9.59 Å². The standard InChI is InChI=1S/C14H13F2N3O2.C14H12FN3O2/c15-14(16)6-9-2-3-10(7-14)19(9)13(20)8-1-4-11-12(5-8)18-21-17-11;15-9-6-10-2-3-11(7-9)18(10)14(19)8-1-4-12-13(5-8)17-20-16-12/h1,4-5,9-10H,2-3,6-7H2;1,4-6,10-11H,2-3,7H2. The van der Waals surface area contributed by atoms with Gasteiger partial charge in [0.25, 0.3) is 17.7 Å². The largest absolute Gasteiger partial charge is 0.332 e. The molecule has 212 valence electrons. The third-order valence-electron chi connectivity index (χ3n) is 8.51. The van der Waals surface area contributed by atoms with E-state index in [0.717, 1.165) is 12.8 Å². The molecule has 0 saturated carbocycles. The topological polar surface area (TPSA) is 118 Å². The van der Waals surface area contributed by atoms with E-state index in [4.69, 9.17) is 0 Å². The van der Waals surface area contributed by atoms with E-state index in [-0.39, 0.29) is 54.7 Å². The fourth-order valence-electron chi connectivity index (χ4n) is 6.69. The van der Waals surface area contributed by atoms with Gasteiger partial charge in [0, 0.05) is 48.5 Å².